The van der Waals surface area contributed by atoms with Crippen LogP contribution in [0.4, 0.5) is 5.69 Å². The van der Waals surface area contributed by atoms with Crippen molar-refractivity contribution in [3.63, 3.8) is 0 Å². The Kier molecular flexibility index (Phi) is 6.53. The van der Waals surface area contributed by atoms with E-state index in [0.29, 0.717) is 22.7 Å². The number of hydrogen-bond donors (Lipinski definition) is 0. The summed E-state index contributed by atoms with van der Waals surface area (Å²) in [6.45, 7) is -0.205. The number of halogens is 1. The lowest BCUT2D eigenvalue weighted by Crippen LogP contribution is -2.27. The average molecular weight is 462 g/mol. The van der Waals surface area contributed by atoms with Crippen LogP contribution >= 0.6 is 15.9 Å². The highest BCUT2D eigenvalue weighted by Crippen LogP contribution is 2.36. The Hall–Kier alpha value is -2.87. The Morgan fingerprint density at radius 2 is 1.83 bits per heavy atom. The summed E-state index contributed by atoms with van der Waals surface area (Å²) >= 11 is 3.30. The molecule has 7 nitrogen and oxygen atoms in total. The van der Waals surface area contributed by atoms with Crippen molar-refractivity contribution in [1.29, 1.82) is 0 Å². The number of carbonyl (C=O) groups is 3. The van der Waals surface area contributed by atoms with Crippen LogP contribution in [0.1, 0.15) is 16.8 Å². The van der Waals surface area contributed by atoms with Gasteiger partial charge in [-0.1, -0.05) is 28.1 Å². The lowest BCUT2D eigenvalue weighted by molar-refractivity contribution is -0.147. The van der Waals surface area contributed by atoms with E-state index in [1.165, 1.54) is 19.1 Å². The van der Waals surface area contributed by atoms with Gasteiger partial charge in [0.15, 0.2) is 12.4 Å². The summed E-state index contributed by atoms with van der Waals surface area (Å²) in [5.74, 6) is -0.666. The Bertz CT molecular complexity index is 927. The van der Waals surface area contributed by atoms with E-state index in [1.54, 1.807) is 42.5 Å². The first kappa shape index (κ1) is 20.9. The lowest BCUT2D eigenvalue weighted by atomic mass is 10.1. The minimum Gasteiger partial charge on any atom is -0.497 e. The summed E-state index contributed by atoms with van der Waals surface area (Å²) in [7, 11) is 3.04. The van der Waals surface area contributed by atoms with Crippen LogP contribution in [0.15, 0.2) is 46.9 Å². The minimum absolute atomic E-state index is 0.0144. The van der Waals surface area contributed by atoms with E-state index in [-0.39, 0.29) is 31.3 Å². The molecule has 1 amide bonds. The molecule has 0 bridgehead atoms. The van der Waals surface area contributed by atoms with E-state index in [9.17, 15) is 14.4 Å². The number of rotatable bonds is 7. The molecular formula is C21H20BrNO6. The molecule has 1 atom stereocenters. The number of ether oxygens (including phenoxy) is 3. The Morgan fingerprint density at radius 1 is 1.10 bits per heavy atom. The maximum Gasteiger partial charge on any atom is 0.311 e. The van der Waals surface area contributed by atoms with Gasteiger partial charge >= 0.3 is 5.97 Å². The number of benzene rings is 2. The van der Waals surface area contributed by atoms with Gasteiger partial charge in [0.2, 0.25) is 5.91 Å². The highest BCUT2D eigenvalue weighted by Gasteiger charge is 2.37. The molecule has 0 radical (unpaired) electrons. The van der Waals surface area contributed by atoms with E-state index in [0.717, 1.165) is 4.47 Å². The quantitative estimate of drug-likeness (QED) is 0.464. The van der Waals surface area contributed by atoms with E-state index in [2.05, 4.69) is 15.9 Å². The molecule has 1 fully saturated rings. The molecule has 29 heavy (non-hydrogen) atoms. The standard InChI is InChI=1S/C21H20BrNO6/c1-27-16-7-8-17(19(10-16)28-2)23-11-14(9-20(23)25)21(26)29-12-18(24)13-3-5-15(22)6-4-13/h3-8,10,14H,9,11-12H2,1-2H3/t14-/m1/s1. The van der Waals surface area contributed by atoms with E-state index in [1.807, 2.05) is 0 Å². The van der Waals surface area contributed by atoms with Crippen molar-refractivity contribution in [3.05, 3.63) is 52.5 Å². The number of anilines is 1. The third-order valence-corrected chi connectivity index (χ3v) is 5.18. The summed E-state index contributed by atoms with van der Waals surface area (Å²) in [6.07, 6.45) is 0.0144. The van der Waals surface area contributed by atoms with E-state index in [4.69, 9.17) is 14.2 Å². The predicted octanol–water partition coefficient (Wildman–Crippen LogP) is 3.25. The van der Waals surface area contributed by atoms with Gasteiger partial charge in [-0.3, -0.25) is 14.4 Å². The fourth-order valence-corrected chi connectivity index (χ4v) is 3.34. The molecule has 8 heteroatoms. The molecular weight excluding hydrogens is 442 g/mol. The van der Waals surface area contributed by atoms with Crippen molar-refractivity contribution in [2.24, 2.45) is 5.92 Å². The third-order valence-electron chi connectivity index (χ3n) is 4.65. The Morgan fingerprint density at radius 3 is 2.48 bits per heavy atom. The number of carbonyl (C=O) groups excluding carboxylic acids is 3. The molecule has 0 spiro atoms. The monoisotopic (exact) mass is 461 g/mol. The van der Waals surface area contributed by atoms with Gasteiger partial charge in [0.05, 0.1) is 25.8 Å². The maximum atomic E-state index is 12.5. The number of nitrogens with zero attached hydrogens (tertiary/aromatic N) is 1. The van der Waals surface area contributed by atoms with Crippen LogP contribution in [-0.4, -0.2) is 45.0 Å². The first-order chi connectivity index (χ1) is 13.9. The largest absolute Gasteiger partial charge is 0.497 e. The zero-order valence-corrected chi connectivity index (χ0v) is 17.6. The topological polar surface area (TPSA) is 82.1 Å². The number of hydrogen-bond acceptors (Lipinski definition) is 6. The fourth-order valence-electron chi connectivity index (χ4n) is 3.08. The van der Waals surface area contributed by atoms with Crippen molar-refractivity contribution < 1.29 is 28.6 Å². The molecule has 1 heterocycles. The van der Waals surface area contributed by atoms with Gasteiger partial charge in [-0.15, -0.1) is 0 Å². The summed E-state index contributed by atoms with van der Waals surface area (Å²) in [5, 5.41) is 0. The van der Waals surface area contributed by atoms with Gasteiger partial charge in [0.25, 0.3) is 0 Å². The van der Waals surface area contributed by atoms with Crippen molar-refractivity contribution in [2.75, 3.05) is 32.3 Å². The van der Waals surface area contributed by atoms with Gasteiger partial charge in [0, 0.05) is 29.1 Å². The van der Waals surface area contributed by atoms with E-state index < -0.39 is 11.9 Å². The van der Waals surface area contributed by atoms with Crippen LogP contribution in [0.3, 0.4) is 0 Å². The first-order valence-corrected chi connectivity index (χ1v) is 9.70. The fraction of sp³-hybridized carbons (Fsp3) is 0.286. The van der Waals surface area contributed by atoms with Crippen molar-refractivity contribution >= 4 is 39.3 Å². The molecule has 0 unspecified atom stereocenters. The molecule has 0 aliphatic carbocycles. The van der Waals surface area contributed by atoms with Crippen LogP contribution in [-0.2, 0) is 14.3 Å². The third kappa shape index (κ3) is 4.76. The maximum absolute atomic E-state index is 12.5. The summed E-state index contributed by atoms with van der Waals surface area (Å²) in [6, 6.07) is 11.9. The zero-order valence-electron chi connectivity index (χ0n) is 16.0. The van der Waals surface area contributed by atoms with Crippen molar-refractivity contribution in [2.45, 2.75) is 6.42 Å². The number of Topliss-reactive ketones (excluding diaryl/α,β-unsaturated/α-hetero) is 1. The van der Waals surface area contributed by atoms with Crippen LogP contribution < -0.4 is 14.4 Å². The predicted molar refractivity (Wildman–Crippen MR) is 109 cm³/mol. The van der Waals surface area contributed by atoms with Gasteiger partial charge in [-0.25, -0.2) is 0 Å². The molecule has 2 aromatic rings. The molecule has 152 valence electrons. The molecule has 0 N–H and O–H groups in total. The molecule has 1 aliphatic heterocycles. The van der Waals surface area contributed by atoms with Gasteiger partial charge < -0.3 is 19.1 Å². The summed E-state index contributed by atoms with van der Waals surface area (Å²) in [4.78, 5) is 38.5. The van der Waals surface area contributed by atoms with Gasteiger partial charge in [-0.2, -0.15) is 0 Å². The number of amides is 1. The number of methoxy groups -OCH3 is 2. The van der Waals surface area contributed by atoms with Crippen molar-refractivity contribution in [3.8, 4) is 11.5 Å². The van der Waals surface area contributed by atoms with E-state index >= 15 is 0 Å². The minimum atomic E-state index is -0.646. The smallest absolute Gasteiger partial charge is 0.311 e. The SMILES string of the molecule is COc1ccc(N2C[C@H](C(=O)OCC(=O)c3ccc(Br)cc3)CC2=O)c(OC)c1. The average Bonchev–Trinajstić information content (AvgIpc) is 3.13. The molecule has 0 aromatic heterocycles. The van der Waals surface area contributed by atoms with Crippen molar-refractivity contribution in [1.82, 2.24) is 0 Å². The zero-order chi connectivity index (χ0) is 21.0. The van der Waals surface area contributed by atoms with Crippen LogP contribution in [0.25, 0.3) is 0 Å². The molecule has 3 rings (SSSR count). The Labute approximate surface area is 176 Å². The highest BCUT2D eigenvalue weighted by atomic mass is 79.9. The van der Waals surface area contributed by atoms with Crippen LogP contribution in [0.2, 0.25) is 0 Å². The number of ketones is 1. The van der Waals surface area contributed by atoms with Crippen LogP contribution in [0, 0.1) is 5.92 Å². The van der Waals surface area contributed by atoms with Crippen LogP contribution in [0.5, 0.6) is 11.5 Å². The normalized spacial score (nSPS) is 15.9. The first-order valence-electron chi connectivity index (χ1n) is 8.90. The second-order valence-corrected chi connectivity index (χ2v) is 7.40. The van der Waals surface area contributed by atoms with Gasteiger partial charge in [0.1, 0.15) is 11.5 Å². The second-order valence-electron chi connectivity index (χ2n) is 6.48. The number of esters is 1. The molecule has 2 aromatic carbocycles. The molecule has 0 saturated carbocycles. The van der Waals surface area contributed by atoms with Gasteiger partial charge in [-0.05, 0) is 24.3 Å². The highest BCUT2D eigenvalue weighted by molar-refractivity contribution is 9.10. The Balaban J connectivity index is 1.63. The lowest BCUT2D eigenvalue weighted by Gasteiger charge is -2.20. The summed E-state index contributed by atoms with van der Waals surface area (Å²) < 4.78 is 16.5. The molecule has 1 saturated heterocycles. The molecule has 1 aliphatic rings. The summed E-state index contributed by atoms with van der Waals surface area (Å²) in [5.41, 5.74) is 1.01. The second kappa shape index (κ2) is 9.09.